The number of hydrogen-bond acceptors (Lipinski definition) is 1. The fraction of sp³-hybridized carbons (Fsp3) is 0.833. The van der Waals surface area contributed by atoms with Crippen LogP contribution in [-0.4, -0.2) is 12.6 Å². The van der Waals surface area contributed by atoms with E-state index in [-0.39, 0.29) is 0 Å². The molecule has 1 nitrogen and oxygen atoms in total. The van der Waals surface area contributed by atoms with Crippen molar-refractivity contribution in [1.29, 1.82) is 0 Å². The molecule has 0 atom stereocenters. The monoisotopic (exact) mass is 181 g/mol. The molecule has 1 fully saturated rings. The van der Waals surface area contributed by atoms with Crippen LogP contribution in [0.15, 0.2) is 12.7 Å². The average molecular weight is 181 g/mol. The minimum atomic E-state index is 0.594. The summed E-state index contributed by atoms with van der Waals surface area (Å²) >= 11 is 0. The lowest BCUT2D eigenvalue weighted by molar-refractivity contribution is 0.207. The third-order valence-corrected chi connectivity index (χ3v) is 3.12. The molecule has 0 unspecified atom stereocenters. The van der Waals surface area contributed by atoms with Crippen LogP contribution in [0.3, 0.4) is 0 Å². The lowest BCUT2D eigenvalue weighted by Gasteiger charge is -2.34. The highest BCUT2D eigenvalue weighted by atomic mass is 14.9. The van der Waals surface area contributed by atoms with Crippen molar-refractivity contribution >= 4 is 0 Å². The molecule has 0 amide bonds. The van der Waals surface area contributed by atoms with E-state index < -0.39 is 0 Å². The molecular formula is C12H23N. The lowest BCUT2D eigenvalue weighted by Crippen LogP contribution is -2.35. The Hall–Kier alpha value is -0.300. The summed E-state index contributed by atoms with van der Waals surface area (Å²) in [6.45, 7) is 9.60. The minimum absolute atomic E-state index is 0.594. The van der Waals surface area contributed by atoms with Crippen molar-refractivity contribution < 1.29 is 0 Å². The van der Waals surface area contributed by atoms with Gasteiger partial charge in [0.05, 0.1) is 0 Å². The van der Waals surface area contributed by atoms with Crippen molar-refractivity contribution in [3.8, 4) is 0 Å². The maximum Gasteiger partial charge on any atom is 0.00675 e. The van der Waals surface area contributed by atoms with Crippen LogP contribution >= 0.6 is 0 Å². The fourth-order valence-electron chi connectivity index (χ4n) is 1.99. The second-order valence-corrected chi connectivity index (χ2v) is 4.97. The zero-order chi connectivity index (χ0) is 9.73. The molecule has 0 aromatic rings. The number of rotatable bonds is 4. The van der Waals surface area contributed by atoms with E-state index in [0.29, 0.717) is 5.41 Å². The topological polar surface area (TPSA) is 12.0 Å². The third kappa shape index (κ3) is 3.95. The van der Waals surface area contributed by atoms with E-state index >= 15 is 0 Å². The molecule has 1 N–H and O–H groups in total. The molecule has 1 aliphatic carbocycles. The normalized spacial score (nSPS) is 22.9. The molecule has 1 rings (SSSR count). The van der Waals surface area contributed by atoms with Crippen molar-refractivity contribution in [1.82, 2.24) is 5.32 Å². The van der Waals surface area contributed by atoms with Gasteiger partial charge in [0.1, 0.15) is 0 Å². The zero-order valence-electron chi connectivity index (χ0n) is 9.10. The van der Waals surface area contributed by atoms with Crippen molar-refractivity contribution in [2.75, 3.05) is 6.54 Å². The summed E-state index contributed by atoms with van der Waals surface area (Å²) in [7, 11) is 0. The average Bonchev–Trinajstić information content (AvgIpc) is 2.08. The Bertz CT molecular complexity index is 151. The summed E-state index contributed by atoms with van der Waals surface area (Å²) < 4.78 is 0. The first kappa shape index (κ1) is 10.8. The summed E-state index contributed by atoms with van der Waals surface area (Å²) in [5.41, 5.74) is 0.594. The van der Waals surface area contributed by atoms with E-state index in [1.165, 1.54) is 25.7 Å². The molecule has 0 aromatic carbocycles. The molecular weight excluding hydrogens is 158 g/mol. The highest BCUT2D eigenvalue weighted by Gasteiger charge is 2.25. The van der Waals surface area contributed by atoms with E-state index in [1.54, 1.807) is 0 Å². The zero-order valence-corrected chi connectivity index (χ0v) is 9.10. The van der Waals surface area contributed by atoms with Gasteiger partial charge in [0, 0.05) is 6.04 Å². The maximum atomic E-state index is 3.73. The molecule has 0 saturated heterocycles. The molecule has 1 aliphatic rings. The minimum Gasteiger partial charge on any atom is -0.314 e. The molecule has 0 radical (unpaired) electrons. The first-order valence-corrected chi connectivity index (χ1v) is 5.48. The van der Waals surface area contributed by atoms with Crippen LogP contribution in [0.1, 0.15) is 46.0 Å². The van der Waals surface area contributed by atoms with Crippen molar-refractivity contribution in [3.05, 3.63) is 12.7 Å². The van der Waals surface area contributed by atoms with Gasteiger partial charge in [0.15, 0.2) is 0 Å². The third-order valence-electron chi connectivity index (χ3n) is 3.12. The van der Waals surface area contributed by atoms with Crippen LogP contribution in [0.25, 0.3) is 0 Å². The smallest absolute Gasteiger partial charge is 0.00675 e. The van der Waals surface area contributed by atoms with Gasteiger partial charge < -0.3 is 5.32 Å². The van der Waals surface area contributed by atoms with Gasteiger partial charge in [-0.25, -0.2) is 0 Å². The predicted molar refractivity (Wildman–Crippen MR) is 58.9 cm³/mol. The van der Waals surface area contributed by atoms with Crippen LogP contribution in [0.4, 0.5) is 0 Å². The summed E-state index contributed by atoms with van der Waals surface area (Å²) in [5, 5.41) is 3.59. The van der Waals surface area contributed by atoms with Gasteiger partial charge in [-0.2, -0.15) is 0 Å². The first-order chi connectivity index (χ1) is 6.14. The van der Waals surface area contributed by atoms with E-state index in [9.17, 15) is 0 Å². The summed E-state index contributed by atoms with van der Waals surface area (Å²) in [4.78, 5) is 0. The first-order valence-electron chi connectivity index (χ1n) is 5.48. The standard InChI is InChI=1S/C12H23N/c1-4-5-10-13-11-6-8-12(2,3)9-7-11/h4,11,13H,1,5-10H2,2-3H3. The van der Waals surface area contributed by atoms with E-state index in [0.717, 1.165) is 19.0 Å². The van der Waals surface area contributed by atoms with Crippen LogP contribution in [-0.2, 0) is 0 Å². The Morgan fingerprint density at radius 2 is 2.00 bits per heavy atom. The predicted octanol–water partition coefficient (Wildman–Crippen LogP) is 3.12. The lowest BCUT2D eigenvalue weighted by atomic mass is 9.75. The van der Waals surface area contributed by atoms with Crippen molar-refractivity contribution in [2.45, 2.75) is 52.0 Å². The highest BCUT2D eigenvalue weighted by molar-refractivity contribution is 4.82. The Morgan fingerprint density at radius 3 is 2.54 bits per heavy atom. The molecule has 0 aromatic heterocycles. The Morgan fingerprint density at radius 1 is 1.38 bits per heavy atom. The molecule has 76 valence electrons. The SMILES string of the molecule is C=CCCNC1CCC(C)(C)CC1. The quantitative estimate of drug-likeness (QED) is 0.519. The van der Waals surface area contributed by atoms with Gasteiger partial charge in [0.25, 0.3) is 0 Å². The molecule has 1 saturated carbocycles. The second kappa shape index (κ2) is 4.80. The Labute approximate surface area is 82.6 Å². The van der Waals surface area contributed by atoms with Crippen LogP contribution in [0, 0.1) is 5.41 Å². The summed E-state index contributed by atoms with van der Waals surface area (Å²) in [5.74, 6) is 0. The largest absolute Gasteiger partial charge is 0.314 e. The molecule has 0 aliphatic heterocycles. The number of hydrogen-bond donors (Lipinski definition) is 1. The molecule has 13 heavy (non-hydrogen) atoms. The second-order valence-electron chi connectivity index (χ2n) is 4.97. The fourth-order valence-corrected chi connectivity index (χ4v) is 1.99. The number of nitrogens with one attached hydrogen (secondary N) is 1. The van der Waals surface area contributed by atoms with Crippen LogP contribution in [0.2, 0.25) is 0 Å². The Balaban J connectivity index is 2.14. The van der Waals surface area contributed by atoms with Crippen molar-refractivity contribution in [3.63, 3.8) is 0 Å². The molecule has 0 spiro atoms. The summed E-state index contributed by atoms with van der Waals surface area (Å²) in [6.07, 6.45) is 8.53. The molecule has 0 bridgehead atoms. The maximum absolute atomic E-state index is 3.73. The van der Waals surface area contributed by atoms with Crippen LogP contribution < -0.4 is 5.32 Å². The van der Waals surface area contributed by atoms with Crippen molar-refractivity contribution in [2.24, 2.45) is 5.41 Å². The van der Waals surface area contributed by atoms with Gasteiger partial charge in [-0.05, 0) is 44.1 Å². The molecule has 0 heterocycles. The van der Waals surface area contributed by atoms with Crippen LogP contribution in [0.5, 0.6) is 0 Å². The van der Waals surface area contributed by atoms with E-state index in [4.69, 9.17) is 0 Å². The highest BCUT2D eigenvalue weighted by Crippen LogP contribution is 2.34. The summed E-state index contributed by atoms with van der Waals surface area (Å²) in [6, 6.07) is 0.771. The van der Waals surface area contributed by atoms with Gasteiger partial charge in [-0.3, -0.25) is 0 Å². The molecule has 1 heteroatoms. The van der Waals surface area contributed by atoms with E-state index in [2.05, 4.69) is 25.7 Å². The van der Waals surface area contributed by atoms with Gasteiger partial charge in [-0.1, -0.05) is 19.9 Å². The van der Waals surface area contributed by atoms with Gasteiger partial charge in [-0.15, -0.1) is 6.58 Å². The van der Waals surface area contributed by atoms with Gasteiger partial charge in [0.2, 0.25) is 0 Å². The van der Waals surface area contributed by atoms with E-state index in [1.807, 2.05) is 6.08 Å². The Kier molecular flexibility index (Phi) is 3.98. The van der Waals surface area contributed by atoms with Gasteiger partial charge >= 0.3 is 0 Å².